The van der Waals surface area contributed by atoms with Crippen molar-refractivity contribution in [3.63, 3.8) is 0 Å². The zero-order chi connectivity index (χ0) is 23.8. The molecule has 0 spiro atoms. The van der Waals surface area contributed by atoms with E-state index in [1.54, 1.807) is 12.1 Å². The number of halogens is 1. The Morgan fingerprint density at radius 2 is 1.82 bits per heavy atom. The van der Waals surface area contributed by atoms with E-state index in [0.717, 1.165) is 38.0 Å². The Hall–Kier alpha value is -3.51. The lowest BCUT2D eigenvalue weighted by molar-refractivity contribution is 0.0661. The molecule has 0 radical (unpaired) electrons. The molecular formula is C28H27FN2O3. The first-order valence-electron chi connectivity index (χ1n) is 11.7. The van der Waals surface area contributed by atoms with Gasteiger partial charge in [0.2, 0.25) is 0 Å². The van der Waals surface area contributed by atoms with Gasteiger partial charge in [-0.15, -0.1) is 0 Å². The number of carbonyl (C=O) groups excluding carboxylic acids is 1. The average molecular weight is 459 g/mol. The molecular weight excluding hydrogens is 431 g/mol. The molecule has 1 atom stereocenters. The summed E-state index contributed by atoms with van der Waals surface area (Å²) >= 11 is 0. The van der Waals surface area contributed by atoms with Crippen LogP contribution in [0.2, 0.25) is 0 Å². The zero-order valence-electron chi connectivity index (χ0n) is 19.1. The van der Waals surface area contributed by atoms with Crippen molar-refractivity contribution >= 4 is 11.9 Å². The van der Waals surface area contributed by atoms with E-state index in [1.165, 1.54) is 24.6 Å². The predicted octanol–water partition coefficient (Wildman–Crippen LogP) is 4.77. The quantitative estimate of drug-likeness (QED) is 0.598. The van der Waals surface area contributed by atoms with Crippen molar-refractivity contribution in [3.8, 4) is 11.1 Å². The van der Waals surface area contributed by atoms with E-state index in [0.29, 0.717) is 23.2 Å². The van der Waals surface area contributed by atoms with Gasteiger partial charge in [-0.25, -0.2) is 9.18 Å². The highest BCUT2D eigenvalue weighted by Gasteiger charge is 2.34. The van der Waals surface area contributed by atoms with E-state index in [9.17, 15) is 19.1 Å². The van der Waals surface area contributed by atoms with Gasteiger partial charge in [0.15, 0.2) is 0 Å². The molecule has 6 heteroatoms. The van der Waals surface area contributed by atoms with E-state index >= 15 is 0 Å². The highest BCUT2D eigenvalue weighted by Crippen LogP contribution is 2.32. The molecule has 0 aromatic heterocycles. The summed E-state index contributed by atoms with van der Waals surface area (Å²) in [6, 6.07) is 18.9. The molecule has 1 N–H and O–H groups in total. The van der Waals surface area contributed by atoms with Gasteiger partial charge in [-0.2, -0.15) is 0 Å². The third-order valence-corrected chi connectivity index (χ3v) is 7.08. The van der Waals surface area contributed by atoms with Crippen LogP contribution in [0.25, 0.3) is 11.1 Å². The standard InChI is InChI=1S/C28H27FN2O3/c1-18-23(28(33)34)9-10-24(26(18)29)20-7-8-25-21(15-20)11-14-31(27(25)32)22-12-13-30(17-22)16-19-5-3-2-4-6-19/h2-10,15,22H,11-14,16-17H2,1H3,(H,33,34). The molecule has 3 aromatic rings. The number of carboxylic acid groups (broad SMARTS) is 1. The van der Waals surface area contributed by atoms with Crippen LogP contribution >= 0.6 is 0 Å². The maximum Gasteiger partial charge on any atom is 0.336 e. The third kappa shape index (κ3) is 4.10. The number of rotatable bonds is 5. The smallest absolute Gasteiger partial charge is 0.336 e. The van der Waals surface area contributed by atoms with E-state index < -0.39 is 11.8 Å². The number of benzene rings is 3. The second-order valence-electron chi connectivity index (χ2n) is 9.19. The van der Waals surface area contributed by atoms with E-state index in [4.69, 9.17) is 0 Å². The first-order chi connectivity index (χ1) is 16.4. The van der Waals surface area contributed by atoms with E-state index in [2.05, 4.69) is 29.2 Å². The molecule has 0 bridgehead atoms. The van der Waals surface area contributed by atoms with Gasteiger partial charge >= 0.3 is 5.97 Å². The first-order valence-corrected chi connectivity index (χ1v) is 11.7. The number of nitrogens with zero attached hydrogens (tertiary/aromatic N) is 2. The molecule has 2 aliphatic rings. The number of likely N-dealkylation sites (tertiary alicyclic amines) is 1. The maximum atomic E-state index is 14.9. The van der Waals surface area contributed by atoms with Gasteiger partial charge in [0, 0.05) is 43.3 Å². The summed E-state index contributed by atoms with van der Waals surface area (Å²) in [6.07, 6.45) is 1.68. The van der Waals surface area contributed by atoms with Crippen LogP contribution in [0.3, 0.4) is 0 Å². The van der Waals surface area contributed by atoms with Crippen molar-refractivity contribution in [2.45, 2.75) is 32.4 Å². The second kappa shape index (κ2) is 9.03. The van der Waals surface area contributed by atoms with Crippen LogP contribution in [-0.4, -0.2) is 52.5 Å². The summed E-state index contributed by atoms with van der Waals surface area (Å²) < 4.78 is 14.9. The molecule has 174 valence electrons. The summed E-state index contributed by atoms with van der Waals surface area (Å²) in [5.74, 6) is -1.64. The lowest BCUT2D eigenvalue weighted by atomic mass is 9.92. The molecule has 5 nitrogen and oxygen atoms in total. The maximum absolute atomic E-state index is 14.9. The SMILES string of the molecule is Cc1c(C(=O)O)ccc(-c2ccc3c(c2)CCN(C2CCN(Cc4ccccc4)C2)C3=O)c1F. The van der Waals surface area contributed by atoms with E-state index in [-0.39, 0.29) is 23.1 Å². The Morgan fingerprint density at radius 1 is 1.06 bits per heavy atom. The van der Waals surface area contributed by atoms with Crippen LogP contribution in [0, 0.1) is 12.7 Å². The normalized spacial score (nSPS) is 18.2. The predicted molar refractivity (Wildman–Crippen MR) is 128 cm³/mol. The van der Waals surface area contributed by atoms with Crippen LogP contribution < -0.4 is 0 Å². The number of aromatic carboxylic acids is 1. The number of hydrogen-bond acceptors (Lipinski definition) is 3. The Balaban J connectivity index is 1.33. The molecule has 2 aliphatic heterocycles. The van der Waals surface area contributed by atoms with Crippen LogP contribution in [0.4, 0.5) is 4.39 Å². The molecule has 2 heterocycles. The highest BCUT2D eigenvalue weighted by atomic mass is 19.1. The van der Waals surface area contributed by atoms with Gasteiger partial charge in [0.25, 0.3) is 5.91 Å². The highest BCUT2D eigenvalue weighted by molar-refractivity contribution is 5.98. The second-order valence-corrected chi connectivity index (χ2v) is 9.19. The lowest BCUT2D eigenvalue weighted by Gasteiger charge is -2.34. The fraction of sp³-hybridized carbons (Fsp3) is 0.286. The summed E-state index contributed by atoms with van der Waals surface area (Å²) in [6.45, 7) is 4.86. The van der Waals surface area contributed by atoms with Crippen LogP contribution in [0.1, 0.15) is 43.8 Å². The third-order valence-electron chi connectivity index (χ3n) is 7.08. The van der Waals surface area contributed by atoms with Crippen LogP contribution in [-0.2, 0) is 13.0 Å². The van der Waals surface area contributed by atoms with Crippen LogP contribution in [0.15, 0.2) is 60.7 Å². The minimum absolute atomic E-state index is 0.0390. The molecule has 1 saturated heterocycles. The molecule has 5 rings (SSSR count). The van der Waals surface area contributed by atoms with Crippen molar-refractivity contribution in [1.82, 2.24) is 9.80 Å². The Morgan fingerprint density at radius 3 is 2.59 bits per heavy atom. The molecule has 3 aromatic carbocycles. The van der Waals surface area contributed by atoms with Gasteiger partial charge in [-0.05, 0) is 54.2 Å². The van der Waals surface area contributed by atoms with Crippen molar-refractivity contribution in [1.29, 1.82) is 0 Å². The van der Waals surface area contributed by atoms with Gasteiger partial charge < -0.3 is 10.0 Å². The average Bonchev–Trinajstić information content (AvgIpc) is 3.29. The Kier molecular flexibility index (Phi) is 5.92. The summed E-state index contributed by atoms with van der Waals surface area (Å²) in [5, 5.41) is 9.23. The Labute approximate surface area is 198 Å². The number of fused-ring (bicyclic) bond motifs is 1. The van der Waals surface area contributed by atoms with Crippen molar-refractivity contribution in [2.75, 3.05) is 19.6 Å². The van der Waals surface area contributed by atoms with Crippen molar-refractivity contribution in [2.24, 2.45) is 0 Å². The molecule has 34 heavy (non-hydrogen) atoms. The van der Waals surface area contributed by atoms with Crippen molar-refractivity contribution < 1.29 is 19.1 Å². The van der Waals surface area contributed by atoms with Crippen molar-refractivity contribution in [3.05, 3.63) is 94.3 Å². The lowest BCUT2D eigenvalue weighted by Crippen LogP contribution is -2.45. The molecule has 1 unspecified atom stereocenters. The Bertz CT molecular complexity index is 1260. The molecule has 1 amide bonds. The minimum atomic E-state index is -1.15. The number of hydrogen-bond donors (Lipinski definition) is 1. The molecule has 0 saturated carbocycles. The molecule has 1 fully saturated rings. The largest absolute Gasteiger partial charge is 0.478 e. The fourth-order valence-electron chi connectivity index (χ4n) is 5.21. The first kappa shape index (κ1) is 22.3. The zero-order valence-corrected chi connectivity index (χ0v) is 19.1. The fourth-order valence-corrected chi connectivity index (χ4v) is 5.21. The summed E-state index contributed by atoms with van der Waals surface area (Å²) in [7, 11) is 0. The monoisotopic (exact) mass is 458 g/mol. The number of amides is 1. The van der Waals surface area contributed by atoms with Crippen LogP contribution in [0.5, 0.6) is 0 Å². The number of carbonyl (C=O) groups is 2. The van der Waals surface area contributed by atoms with E-state index in [1.807, 2.05) is 17.0 Å². The minimum Gasteiger partial charge on any atom is -0.478 e. The van der Waals surface area contributed by atoms with Gasteiger partial charge in [0.1, 0.15) is 5.82 Å². The topological polar surface area (TPSA) is 60.9 Å². The summed E-state index contributed by atoms with van der Waals surface area (Å²) in [4.78, 5) is 29.0. The molecule has 0 aliphatic carbocycles. The van der Waals surface area contributed by atoms with Gasteiger partial charge in [-0.1, -0.05) is 48.5 Å². The summed E-state index contributed by atoms with van der Waals surface area (Å²) in [5.41, 5.74) is 3.96. The van der Waals surface area contributed by atoms with Gasteiger partial charge in [-0.3, -0.25) is 9.69 Å². The van der Waals surface area contributed by atoms with Gasteiger partial charge in [0.05, 0.1) is 5.56 Å². The number of carboxylic acids is 1.